The summed E-state index contributed by atoms with van der Waals surface area (Å²) >= 11 is 1.36. The van der Waals surface area contributed by atoms with Gasteiger partial charge in [-0.3, -0.25) is 4.79 Å². The molecule has 8 heteroatoms. The van der Waals surface area contributed by atoms with Gasteiger partial charge in [0.15, 0.2) is 11.0 Å². The Bertz CT molecular complexity index is 885. The molecular weight excluding hydrogens is 410 g/mol. The van der Waals surface area contributed by atoms with E-state index in [-0.39, 0.29) is 11.7 Å². The average Bonchev–Trinajstić information content (AvgIpc) is 3.18. The number of aromatic nitrogens is 3. The molecule has 166 valence electrons. The topological polar surface area (TPSA) is 92.8 Å². The summed E-state index contributed by atoms with van der Waals surface area (Å²) in [6.07, 6.45) is 5.52. The zero-order valence-corrected chi connectivity index (χ0v) is 19.2. The number of amides is 1. The molecule has 1 aliphatic carbocycles. The third kappa shape index (κ3) is 6.73. The molecule has 2 aromatic rings. The van der Waals surface area contributed by atoms with Gasteiger partial charge in [-0.05, 0) is 37.3 Å². The highest BCUT2D eigenvalue weighted by Gasteiger charge is 2.33. The van der Waals surface area contributed by atoms with Gasteiger partial charge in [-0.1, -0.05) is 63.1 Å². The smallest absolute Gasteiger partial charge is 0.231 e. The van der Waals surface area contributed by atoms with Crippen molar-refractivity contribution >= 4 is 17.7 Å². The molecule has 1 heterocycles. The molecule has 1 N–H and O–H groups in total. The van der Waals surface area contributed by atoms with Crippen molar-refractivity contribution in [3.8, 4) is 11.8 Å². The van der Waals surface area contributed by atoms with Crippen LogP contribution in [0.2, 0.25) is 0 Å². The first-order valence-electron chi connectivity index (χ1n) is 11.0. The second-order valence-corrected chi connectivity index (χ2v) is 9.37. The van der Waals surface area contributed by atoms with Crippen molar-refractivity contribution in [1.29, 1.82) is 5.26 Å². The summed E-state index contributed by atoms with van der Waals surface area (Å²) in [6.45, 7) is 5.44. The lowest BCUT2D eigenvalue weighted by Gasteiger charge is -2.31. The van der Waals surface area contributed by atoms with Crippen molar-refractivity contribution in [2.45, 2.75) is 76.2 Å². The van der Waals surface area contributed by atoms with E-state index < -0.39 is 5.54 Å². The zero-order chi connectivity index (χ0) is 22.1. The molecule has 0 atom stereocenters. The molecule has 7 nitrogen and oxygen atoms in total. The van der Waals surface area contributed by atoms with E-state index in [1.165, 1.54) is 11.8 Å². The molecule has 1 aliphatic rings. The fraction of sp³-hybridized carbons (Fsp3) is 0.565. The Morgan fingerprint density at radius 1 is 1.26 bits per heavy atom. The van der Waals surface area contributed by atoms with Crippen molar-refractivity contribution < 1.29 is 9.53 Å². The van der Waals surface area contributed by atoms with Crippen LogP contribution in [0.25, 0.3) is 0 Å². The van der Waals surface area contributed by atoms with Crippen molar-refractivity contribution in [2.75, 3.05) is 5.75 Å². The number of nitrogens with one attached hydrogen (secondary N) is 1. The lowest BCUT2D eigenvalue weighted by Crippen LogP contribution is -2.49. The molecule has 0 spiro atoms. The Morgan fingerprint density at radius 2 is 2.00 bits per heavy atom. The van der Waals surface area contributed by atoms with Gasteiger partial charge in [-0.2, -0.15) is 5.26 Å². The second-order valence-electron chi connectivity index (χ2n) is 8.43. The number of thioether (sulfide) groups is 1. The van der Waals surface area contributed by atoms with E-state index in [1.54, 1.807) is 0 Å². The Labute approximate surface area is 188 Å². The van der Waals surface area contributed by atoms with E-state index in [1.807, 2.05) is 34.9 Å². The first kappa shape index (κ1) is 23.1. The number of carbonyl (C=O) groups excluding carboxylic acids is 1. The molecule has 0 unspecified atom stereocenters. The van der Waals surface area contributed by atoms with Gasteiger partial charge in [0.1, 0.15) is 17.9 Å². The molecule has 3 rings (SSSR count). The summed E-state index contributed by atoms with van der Waals surface area (Å²) in [4.78, 5) is 12.6. The van der Waals surface area contributed by atoms with Gasteiger partial charge in [0.05, 0.1) is 11.8 Å². The monoisotopic (exact) mass is 441 g/mol. The molecule has 1 fully saturated rings. The van der Waals surface area contributed by atoms with Crippen LogP contribution in [0.15, 0.2) is 35.5 Å². The number of para-hydroxylation sites is 1. The normalized spacial score (nSPS) is 15.4. The maximum atomic E-state index is 12.6. The number of ether oxygens (including phenoxy) is 1. The minimum Gasteiger partial charge on any atom is -0.486 e. The number of nitriles is 1. The quantitative estimate of drug-likeness (QED) is 0.552. The van der Waals surface area contributed by atoms with Gasteiger partial charge in [-0.25, -0.2) is 0 Å². The molecule has 1 aromatic carbocycles. The second kappa shape index (κ2) is 11.2. The molecule has 31 heavy (non-hydrogen) atoms. The maximum absolute atomic E-state index is 12.6. The number of benzene rings is 1. The summed E-state index contributed by atoms with van der Waals surface area (Å²) in [5.74, 6) is 2.14. The van der Waals surface area contributed by atoms with Gasteiger partial charge in [0.2, 0.25) is 5.91 Å². The summed E-state index contributed by atoms with van der Waals surface area (Å²) in [5.41, 5.74) is -0.712. The summed E-state index contributed by atoms with van der Waals surface area (Å²) in [5, 5.41) is 21.9. The van der Waals surface area contributed by atoms with Crippen molar-refractivity contribution in [2.24, 2.45) is 5.92 Å². The van der Waals surface area contributed by atoms with Gasteiger partial charge in [-0.15, -0.1) is 10.2 Å². The number of rotatable bonds is 10. The molecule has 0 bridgehead atoms. The highest BCUT2D eigenvalue weighted by Crippen LogP contribution is 2.28. The van der Waals surface area contributed by atoms with E-state index in [0.29, 0.717) is 17.7 Å². The Morgan fingerprint density at radius 3 is 2.68 bits per heavy atom. The van der Waals surface area contributed by atoms with Gasteiger partial charge >= 0.3 is 0 Å². The van der Waals surface area contributed by atoms with E-state index in [9.17, 15) is 10.1 Å². The Balaban J connectivity index is 1.63. The summed E-state index contributed by atoms with van der Waals surface area (Å²) in [7, 11) is 0. The molecule has 1 aromatic heterocycles. The van der Waals surface area contributed by atoms with Gasteiger partial charge in [0.25, 0.3) is 0 Å². The average molecular weight is 442 g/mol. The van der Waals surface area contributed by atoms with Crippen LogP contribution in [-0.2, 0) is 17.9 Å². The lowest BCUT2D eigenvalue weighted by molar-refractivity contribution is -0.120. The summed E-state index contributed by atoms with van der Waals surface area (Å²) in [6, 6.07) is 12.0. The largest absolute Gasteiger partial charge is 0.486 e. The number of carbonyl (C=O) groups is 1. The van der Waals surface area contributed by atoms with E-state index >= 15 is 0 Å². The lowest BCUT2D eigenvalue weighted by atomic mass is 9.83. The van der Waals surface area contributed by atoms with E-state index in [0.717, 1.165) is 56.6 Å². The maximum Gasteiger partial charge on any atom is 0.231 e. The number of hydrogen-bond acceptors (Lipinski definition) is 6. The van der Waals surface area contributed by atoms with Crippen LogP contribution in [0.3, 0.4) is 0 Å². The van der Waals surface area contributed by atoms with Crippen LogP contribution < -0.4 is 10.1 Å². The van der Waals surface area contributed by atoms with Crippen molar-refractivity contribution in [3.05, 3.63) is 36.2 Å². The molecule has 0 saturated heterocycles. The third-order valence-electron chi connectivity index (χ3n) is 5.47. The number of nitrogens with zero attached hydrogens (tertiary/aromatic N) is 4. The van der Waals surface area contributed by atoms with E-state index in [2.05, 4.69) is 35.4 Å². The van der Waals surface area contributed by atoms with Gasteiger partial charge < -0.3 is 14.6 Å². The number of hydrogen-bond donors (Lipinski definition) is 1. The molecule has 1 saturated carbocycles. The van der Waals surface area contributed by atoms with Crippen LogP contribution >= 0.6 is 11.8 Å². The van der Waals surface area contributed by atoms with Crippen LogP contribution in [-0.4, -0.2) is 32.0 Å². The first-order valence-corrected chi connectivity index (χ1v) is 11.9. The highest BCUT2D eigenvalue weighted by molar-refractivity contribution is 7.99. The molecule has 0 aliphatic heterocycles. The minimum atomic E-state index is -0.712. The van der Waals surface area contributed by atoms with Crippen molar-refractivity contribution in [3.63, 3.8) is 0 Å². The Hall–Kier alpha value is -2.53. The standard InChI is InChI=1S/C23H31N5O2S/c1-18(2)11-14-28-20(15-30-19-9-5-3-6-10-19)26-27-22(28)31-16-21(29)25-23(17-24)12-7-4-8-13-23/h3,5-6,9-10,18H,4,7-8,11-16H2,1-2H3,(H,25,29). The SMILES string of the molecule is CC(C)CCn1c(COc2ccccc2)nnc1SCC(=O)NC1(C#N)CCCCC1. The fourth-order valence-corrected chi connectivity index (χ4v) is 4.45. The van der Waals surface area contributed by atoms with Gasteiger partial charge in [0, 0.05) is 6.54 Å². The third-order valence-corrected chi connectivity index (χ3v) is 6.43. The fourth-order valence-electron chi connectivity index (χ4n) is 3.66. The van der Waals surface area contributed by atoms with Crippen LogP contribution in [0.1, 0.15) is 58.2 Å². The first-order chi connectivity index (χ1) is 15.0. The van der Waals surface area contributed by atoms with E-state index in [4.69, 9.17) is 4.74 Å². The van der Waals surface area contributed by atoms with Crippen LogP contribution in [0, 0.1) is 17.2 Å². The highest BCUT2D eigenvalue weighted by atomic mass is 32.2. The molecule has 1 amide bonds. The minimum absolute atomic E-state index is 0.131. The van der Waals surface area contributed by atoms with Crippen molar-refractivity contribution in [1.82, 2.24) is 20.1 Å². The molecule has 0 radical (unpaired) electrons. The zero-order valence-electron chi connectivity index (χ0n) is 18.3. The van der Waals surface area contributed by atoms with Crippen LogP contribution in [0.4, 0.5) is 0 Å². The predicted octanol–water partition coefficient (Wildman–Crippen LogP) is 4.34. The molecular formula is C23H31N5O2S. The van der Waals surface area contributed by atoms with Crippen LogP contribution in [0.5, 0.6) is 5.75 Å². The predicted molar refractivity (Wildman–Crippen MR) is 121 cm³/mol. The summed E-state index contributed by atoms with van der Waals surface area (Å²) < 4.78 is 7.90. The Kier molecular flexibility index (Phi) is 8.35.